The molecule has 0 spiro atoms. The first kappa shape index (κ1) is 15.7. The Bertz CT molecular complexity index is 608. The van der Waals surface area contributed by atoms with Crippen LogP contribution in [0, 0.1) is 16.0 Å². The summed E-state index contributed by atoms with van der Waals surface area (Å²) >= 11 is 0. The quantitative estimate of drug-likeness (QED) is 0.639. The van der Waals surface area contributed by atoms with Gasteiger partial charge in [0.15, 0.2) is 0 Å². The van der Waals surface area contributed by atoms with Crippen molar-refractivity contribution < 1.29 is 19.6 Å². The van der Waals surface area contributed by atoms with Crippen LogP contribution in [0.15, 0.2) is 18.2 Å². The SMILES string of the molecule is CNC(=O)c1ccc(N2CCC(C(=O)O)CC2)c([N+](=O)[O-])c1. The minimum Gasteiger partial charge on any atom is -0.481 e. The first-order valence-corrected chi connectivity index (χ1v) is 6.92. The van der Waals surface area contributed by atoms with E-state index in [0.29, 0.717) is 31.6 Å². The normalized spacial score (nSPS) is 15.4. The first-order chi connectivity index (χ1) is 10.4. The van der Waals surface area contributed by atoms with Gasteiger partial charge in [0.25, 0.3) is 11.6 Å². The Morgan fingerprint density at radius 3 is 2.50 bits per heavy atom. The Hall–Kier alpha value is -2.64. The van der Waals surface area contributed by atoms with Crippen LogP contribution in [-0.4, -0.2) is 42.0 Å². The Labute approximate surface area is 126 Å². The molecule has 2 rings (SSSR count). The van der Waals surface area contributed by atoms with Crippen LogP contribution in [0.2, 0.25) is 0 Å². The van der Waals surface area contributed by atoms with Gasteiger partial charge in [0.05, 0.1) is 10.8 Å². The third-order valence-electron chi connectivity index (χ3n) is 3.85. The molecule has 1 saturated heterocycles. The van der Waals surface area contributed by atoms with E-state index in [9.17, 15) is 19.7 Å². The molecule has 0 bridgehead atoms. The van der Waals surface area contributed by atoms with Gasteiger partial charge >= 0.3 is 5.97 Å². The van der Waals surface area contributed by atoms with Gasteiger partial charge in [-0.25, -0.2) is 0 Å². The Morgan fingerprint density at radius 2 is 2.00 bits per heavy atom. The molecule has 0 saturated carbocycles. The summed E-state index contributed by atoms with van der Waals surface area (Å²) in [4.78, 5) is 35.1. The molecule has 1 amide bonds. The van der Waals surface area contributed by atoms with E-state index < -0.39 is 16.8 Å². The summed E-state index contributed by atoms with van der Waals surface area (Å²) in [5.41, 5.74) is 0.495. The molecular formula is C14H17N3O5. The number of carboxylic acid groups (broad SMARTS) is 1. The van der Waals surface area contributed by atoms with Crippen LogP contribution in [0.1, 0.15) is 23.2 Å². The number of hydrogen-bond acceptors (Lipinski definition) is 5. The van der Waals surface area contributed by atoms with Crippen molar-refractivity contribution in [3.8, 4) is 0 Å². The molecule has 1 fully saturated rings. The summed E-state index contributed by atoms with van der Waals surface area (Å²) < 4.78 is 0. The minimum absolute atomic E-state index is 0.144. The number of amides is 1. The van der Waals surface area contributed by atoms with Crippen LogP contribution in [-0.2, 0) is 4.79 Å². The lowest BCUT2D eigenvalue weighted by Gasteiger charge is -2.31. The highest BCUT2D eigenvalue weighted by Crippen LogP contribution is 2.32. The second kappa shape index (κ2) is 6.42. The molecule has 118 valence electrons. The van der Waals surface area contributed by atoms with Crippen molar-refractivity contribution in [3.05, 3.63) is 33.9 Å². The number of carboxylic acids is 1. The Balaban J connectivity index is 2.26. The van der Waals surface area contributed by atoms with Crippen LogP contribution < -0.4 is 10.2 Å². The van der Waals surface area contributed by atoms with Gasteiger partial charge in [-0.1, -0.05) is 0 Å². The van der Waals surface area contributed by atoms with Crippen LogP contribution in [0.4, 0.5) is 11.4 Å². The summed E-state index contributed by atoms with van der Waals surface area (Å²) in [6.07, 6.45) is 0.896. The largest absolute Gasteiger partial charge is 0.481 e. The summed E-state index contributed by atoms with van der Waals surface area (Å²) in [5, 5.41) is 22.7. The molecule has 8 nitrogen and oxygen atoms in total. The van der Waals surface area contributed by atoms with Crippen LogP contribution >= 0.6 is 0 Å². The lowest BCUT2D eigenvalue weighted by molar-refractivity contribution is -0.384. The van der Waals surface area contributed by atoms with Gasteiger partial charge in [-0.05, 0) is 25.0 Å². The van der Waals surface area contributed by atoms with Crippen molar-refractivity contribution in [1.29, 1.82) is 0 Å². The highest BCUT2D eigenvalue weighted by Gasteiger charge is 2.28. The highest BCUT2D eigenvalue weighted by atomic mass is 16.6. The monoisotopic (exact) mass is 307 g/mol. The van der Waals surface area contributed by atoms with Gasteiger partial charge in [0.1, 0.15) is 5.69 Å². The molecule has 1 heterocycles. The number of nitro groups is 1. The standard InChI is InChI=1S/C14H17N3O5/c1-15-13(18)10-2-3-11(12(8-10)17(21)22)16-6-4-9(5-7-16)14(19)20/h2-3,8-9H,4-7H2,1H3,(H,15,18)(H,19,20). The van der Waals surface area contributed by atoms with Crippen molar-refractivity contribution in [1.82, 2.24) is 5.32 Å². The van der Waals surface area contributed by atoms with Gasteiger partial charge in [-0.3, -0.25) is 19.7 Å². The van der Waals surface area contributed by atoms with E-state index >= 15 is 0 Å². The topological polar surface area (TPSA) is 113 Å². The fourth-order valence-corrected chi connectivity index (χ4v) is 2.59. The summed E-state index contributed by atoms with van der Waals surface area (Å²) in [7, 11) is 1.46. The van der Waals surface area contributed by atoms with E-state index in [1.165, 1.54) is 19.2 Å². The van der Waals surface area contributed by atoms with E-state index in [1.54, 1.807) is 11.0 Å². The number of piperidine rings is 1. The van der Waals surface area contributed by atoms with Gasteiger partial charge in [-0.2, -0.15) is 0 Å². The molecule has 1 aromatic carbocycles. The molecule has 0 radical (unpaired) electrons. The molecule has 0 aliphatic carbocycles. The van der Waals surface area contributed by atoms with Gasteiger partial charge in [0, 0.05) is 31.8 Å². The predicted molar refractivity (Wildman–Crippen MR) is 79.1 cm³/mol. The second-order valence-electron chi connectivity index (χ2n) is 5.14. The van der Waals surface area contributed by atoms with Crippen molar-refractivity contribution in [2.75, 3.05) is 25.0 Å². The van der Waals surface area contributed by atoms with Crippen molar-refractivity contribution >= 4 is 23.3 Å². The predicted octanol–water partition coefficient (Wildman–Crippen LogP) is 1.26. The van der Waals surface area contributed by atoms with E-state index in [0.717, 1.165) is 0 Å². The second-order valence-corrected chi connectivity index (χ2v) is 5.14. The summed E-state index contributed by atoms with van der Waals surface area (Å²) in [6.45, 7) is 0.883. The zero-order valence-corrected chi connectivity index (χ0v) is 12.1. The van der Waals surface area contributed by atoms with Crippen LogP contribution in [0.5, 0.6) is 0 Å². The third-order valence-corrected chi connectivity index (χ3v) is 3.85. The molecule has 1 aliphatic rings. The van der Waals surface area contributed by atoms with Crippen molar-refractivity contribution in [3.63, 3.8) is 0 Å². The average molecular weight is 307 g/mol. The van der Waals surface area contributed by atoms with Crippen molar-refractivity contribution in [2.24, 2.45) is 5.92 Å². The molecule has 0 atom stereocenters. The van der Waals surface area contributed by atoms with Crippen LogP contribution in [0.25, 0.3) is 0 Å². The number of carbonyl (C=O) groups excluding carboxylic acids is 1. The van der Waals surface area contributed by atoms with E-state index in [1.807, 2.05) is 0 Å². The molecule has 0 aromatic heterocycles. The number of aliphatic carboxylic acids is 1. The lowest BCUT2D eigenvalue weighted by atomic mass is 9.96. The van der Waals surface area contributed by atoms with Gasteiger partial charge in [-0.15, -0.1) is 0 Å². The number of rotatable bonds is 4. The Kier molecular flexibility index (Phi) is 4.59. The third kappa shape index (κ3) is 3.16. The number of nitro benzene ring substituents is 1. The first-order valence-electron chi connectivity index (χ1n) is 6.92. The number of nitrogens with zero attached hydrogens (tertiary/aromatic N) is 2. The maximum atomic E-state index is 11.6. The highest BCUT2D eigenvalue weighted by molar-refractivity contribution is 5.95. The van der Waals surface area contributed by atoms with E-state index in [2.05, 4.69) is 5.32 Å². The summed E-state index contributed by atoms with van der Waals surface area (Å²) in [5.74, 6) is -1.62. The lowest BCUT2D eigenvalue weighted by Crippen LogP contribution is -2.36. The maximum Gasteiger partial charge on any atom is 0.306 e. The molecule has 8 heteroatoms. The molecule has 2 N–H and O–H groups in total. The summed E-state index contributed by atoms with van der Waals surface area (Å²) in [6, 6.07) is 4.33. The number of nitrogens with one attached hydrogen (secondary N) is 1. The van der Waals surface area contributed by atoms with Gasteiger partial charge < -0.3 is 15.3 Å². The zero-order valence-electron chi connectivity index (χ0n) is 12.1. The molecule has 22 heavy (non-hydrogen) atoms. The zero-order chi connectivity index (χ0) is 16.3. The smallest absolute Gasteiger partial charge is 0.306 e. The number of carbonyl (C=O) groups is 2. The fourth-order valence-electron chi connectivity index (χ4n) is 2.59. The van der Waals surface area contributed by atoms with Crippen molar-refractivity contribution in [2.45, 2.75) is 12.8 Å². The molecule has 1 aromatic rings. The Morgan fingerprint density at radius 1 is 1.36 bits per heavy atom. The molecule has 1 aliphatic heterocycles. The average Bonchev–Trinajstić information content (AvgIpc) is 2.53. The molecule has 0 unspecified atom stereocenters. The minimum atomic E-state index is -0.830. The van der Waals surface area contributed by atoms with E-state index in [-0.39, 0.29) is 17.2 Å². The number of anilines is 1. The number of benzene rings is 1. The van der Waals surface area contributed by atoms with Crippen LogP contribution in [0.3, 0.4) is 0 Å². The fraction of sp³-hybridized carbons (Fsp3) is 0.429. The molecular weight excluding hydrogens is 290 g/mol. The van der Waals surface area contributed by atoms with Gasteiger partial charge in [0.2, 0.25) is 0 Å². The number of hydrogen-bond donors (Lipinski definition) is 2. The van der Waals surface area contributed by atoms with E-state index in [4.69, 9.17) is 5.11 Å². The maximum absolute atomic E-state index is 11.6.